The molecule has 5 heteroatoms. The van der Waals surface area contributed by atoms with E-state index in [4.69, 9.17) is 0 Å². The van der Waals surface area contributed by atoms with E-state index in [1.807, 2.05) is 0 Å². The van der Waals surface area contributed by atoms with Gasteiger partial charge in [-0.15, -0.1) is 0 Å². The molecule has 1 aromatic rings. The minimum absolute atomic E-state index is 0.0549. The average molecular weight is 237 g/mol. The number of rotatable bonds is 4. The number of nitrogens with one attached hydrogen (secondary N) is 1. The molecule has 0 saturated heterocycles. The number of carbonyl (C=O) groups excluding carboxylic acids is 2. The van der Waals surface area contributed by atoms with E-state index < -0.39 is 17.7 Å². The molecule has 1 unspecified atom stereocenters. The van der Waals surface area contributed by atoms with Crippen molar-refractivity contribution in [3.05, 3.63) is 23.8 Å². The number of ketones is 1. The summed E-state index contributed by atoms with van der Waals surface area (Å²) in [6.07, 6.45) is 0.327. The summed E-state index contributed by atoms with van der Waals surface area (Å²) in [5, 5.41) is 21.2. The molecular weight excluding hydrogens is 222 g/mol. The molecule has 92 valence electrons. The second-order valence-electron chi connectivity index (χ2n) is 3.69. The first-order chi connectivity index (χ1) is 7.97. The summed E-state index contributed by atoms with van der Waals surface area (Å²) in [6, 6.07) is 3.46. The molecule has 0 aliphatic rings. The van der Waals surface area contributed by atoms with Gasteiger partial charge in [-0.25, -0.2) is 0 Å². The lowest BCUT2D eigenvalue weighted by atomic mass is 10.1. The molecule has 0 bridgehead atoms. The maximum Gasteiger partial charge on any atom is 0.255 e. The summed E-state index contributed by atoms with van der Waals surface area (Å²) in [7, 11) is 0. The number of phenolic OH excluding ortho intramolecular Hbond substituents is 2. The number of benzene rings is 1. The lowest BCUT2D eigenvalue weighted by molar-refractivity contribution is -0.120. The third kappa shape index (κ3) is 2.96. The first kappa shape index (κ1) is 13.0. The number of aromatic hydroxyl groups is 2. The highest BCUT2D eigenvalue weighted by Crippen LogP contribution is 2.27. The SMILES string of the molecule is CCC(=O)C(C)NC(=O)c1cccc(O)c1O. The number of amides is 1. The van der Waals surface area contributed by atoms with Gasteiger partial charge in [0.1, 0.15) is 0 Å². The molecule has 1 amide bonds. The van der Waals surface area contributed by atoms with Gasteiger partial charge in [0.05, 0.1) is 11.6 Å². The van der Waals surface area contributed by atoms with E-state index in [-0.39, 0.29) is 17.1 Å². The normalized spacial score (nSPS) is 11.9. The molecule has 0 aliphatic carbocycles. The molecule has 1 aromatic carbocycles. The van der Waals surface area contributed by atoms with Gasteiger partial charge < -0.3 is 15.5 Å². The molecule has 0 aromatic heterocycles. The van der Waals surface area contributed by atoms with Crippen LogP contribution >= 0.6 is 0 Å². The third-order valence-corrected chi connectivity index (χ3v) is 2.44. The fourth-order valence-electron chi connectivity index (χ4n) is 1.38. The Morgan fingerprint density at radius 3 is 2.59 bits per heavy atom. The van der Waals surface area contributed by atoms with Crippen LogP contribution in [0.1, 0.15) is 30.6 Å². The molecule has 5 nitrogen and oxygen atoms in total. The maximum atomic E-state index is 11.7. The number of para-hydroxylation sites is 1. The summed E-state index contributed by atoms with van der Waals surface area (Å²) in [4.78, 5) is 23.0. The molecule has 3 N–H and O–H groups in total. The van der Waals surface area contributed by atoms with Gasteiger partial charge in [-0.2, -0.15) is 0 Å². The van der Waals surface area contributed by atoms with Crippen molar-refractivity contribution in [2.45, 2.75) is 26.3 Å². The smallest absolute Gasteiger partial charge is 0.255 e. The lowest BCUT2D eigenvalue weighted by Crippen LogP contribution is -2.38. The quantitative estimate of drug-likeness (QED) is 0.686. The Bertz CT molecular complexity index is 442. The molecule has 0 fully saturated rings. The van der Waals surface area contributed by atoms with Crippen LogP contribution in [0.2, 0.25) is 0 Å². The first-order valence-corrected chi connectivity index (χ1v) is 5.31. The van der Waals surface area contributed by atoms with E-state index in [0.29, 0.717) is 6.42 Å². The van der Waals surface area contributed by atoms with Crippen LogP contribution in [-0.2, 0) is 4.79 Å². The van der Waals surface area contributed by atoms with E-state index in [1.165, 1.54) is 18.2 Å². The number of Topliss-reactive ketones (excluding diaryl/α,β-unsaturated/α-hetero) is 1. The second-order valence-corrected chi connectivity index (χ2v) is 3.69. The third-order valence-electron chi connectivity index (χ3n) is 2.44. The average Bonchev–Trinajstić information content (AvgIpc) is 2.31. The van der Waals surface area contributed by atoms with E-state index in [2.05, 4.69) is 5.32 Å². The number of hydrogen-bond donors (Lipinski definition) is 3. The Balaban J connectivity index is 2.84. The van der Waals surface area contributed by atoms with Crippen molar-refractivity contribution in [1.82, 2.24) is 5.32 Å². The first-order valence-electron chi connectivity index (χ1n) is 5.31. The zero-order valence-corrected chi connectivity index (χ0v) is 9.73. The molecule has 17 heavy (non-hydrogen) atoms. The van der Waals surface area contributed by atoms with Crippen LogP contribution in [-0.4, -0.2) is 27.9 Å². The number of hydrogen-bond acceptors (Lipinski definition) is 4. The van der Waals surface area contributed by atoms with Crippen molar-refractivity contribution >= 4 is 11.7 Å². The fraction of sp³-hybridized carbons (Fsp3) is 0.333. The van der Waals surface area contributed by atoms with E-state index in [9.17, 15) is 19.8 Å². The van der Waals surface area contributed by atoms with Gasteiger partial charge in [0.25, 0.3) is 5.91 Å². The monoisotopic (exact) mass is 237 g/mol. The molecule has 1 rings (SSSR count). The number of phenols is 2. The standard InChI is InChI=1S/C12H15NO4/c1-3-9(14)7(2)13-12(17)8-5-4-6-10(15)11(8)16/h4-7,15-16H,3H2,1-2H3,(H,13,17). The molecule has 0 radical (unpaired) electrons. The molecule has 0 spiro atoms. The zero-order valence-electron chi connectivity index (χ0n) is 9.73. The van der Waals surface area contributed by atoms with Gasteiger partial charge >= 0.3 is 0 Å². The molecule has 0 heterocycles. The Labute approximate surface area is 99.1 Å². The molecule has 0 aliphatic heterocycles. The Kier molecular flexibility index (Phi) is 4.09. The lowest BCUT2D eigenvalue weighted by Gasteiger charge is -2.12. The van der Waals surface area contributed by atoms with Gasteiger partial charge in [-0.3, -0.25) is 9.59 Å². The van der Waals surface area contributed by atoms with Gasteiger partial charge in [0, 0.05) is 6.42 Å². The Morgan fingerprint density at radius 2 is 2.00 bits per heavy atom. The van der Waals surface area contributed by atoms with Crippen LogP contribution in [0.3, 0.4) is 0 Å². The van der Waals surface area contributed by atoms with Crippen LogP contribution < -0.4 is 5.32 Å². The molecule has 0 saturated carbocycles. The van der Waals surface area contributed by atoms with Crippen molar-refractivity contribution in [2.24, 2.45) is 0 Å². The van der Waals surface area contributed by atoms with E-state index in [0.717, 1.165) is 0 Å². The van der Waals surface area contributed by atoms with Crippen LogP contribution in [0.4, 0.5) is 0 Å². The van der Waals surface area contributed by atoms with Crippen molar-refractivity contribution in [3.8, 4) is 11.5 Å². The van der Waals surface area contributed by atoms with Gasteiger partial charge in [-0.1, -0.05) is 13.0 Å². The summed E-state index contributed by atoms with van der Waals surface area (Å²) >= 11 is 0. The van der Waals surface area contributed by atoms with Crippen LogP contribution in [0, 0.1) is 0 Å². The Morgan fingerprint density at radius 1 is 1.35 bits per heavy atom. The Hall–Kier alpha value is -2.04. The highest BCUT2D eigenvalue weighted by atomic mass is 16.3. The van der Waals surface area contributed by atoms with Crippen LogP contribution in [0.5, 0.6) is 11.5 Å². The van der Waals surface area contributed by atoms with Gasteiger partial charge in [0.15, 0.2) is 17.3 Å². The van der Waals surface area contributed by atoms with E-state index in [1.54, 1.807) is 13.8 Å². The highest BCUT2D eigenvalue weighted by molar-refractivity contribution is 6.00. The van der Waals surface area contributed by atoms with Crippen LogP contribution in [0.15, 0.2) is 18.2 Å². The zero-order chi connectivity index (χ0) is 13.0. The summed E-state index contributed by atoms with van der Waals surface area (Å²) < 4.78 is 0. The minimum atomic E-state index is -0.616. The minimum Gasteiger partial charge on any atom is -0.504 e. The maximum absolute atomic E-state index is 11.7. The summed E-state index contributed by atoms with van der Waals surface area (Å²) in [5.41, 5.74) is -0.0549. The predicted molar refractivity (Wildman–Crippen MR) is 62.0 cm³/mol. The van der Waals surface area contributed by atoms with Crippen molar-refractivity contribution < 1.29 is 19.8 Å². The van der Waals surface area contributed by atoms with Gasteiger partial charge in [0.2, 0.25) is 0 Å². The summed E-state index contributed by atoms with van der Waals surface area (Å²) in [5.74, 6) is -1.54. The molecule has 1 atom stereocenters. The van der Waals surface area contributed by atoms with Gasteiger partial charge in [-0.05, 0) is 19.1 Å². The van der Waals surface area contributed by atoms with Crippen molar-refractivity contribution in [1.29, 1.82) is 0 Å². The predicted octanol–water partition coefficient (Wildman–Crippen LogP) is 1.20. The highest BCUT2D eigenvalue weighted by Gasteiger charge is 2.18. The largest absolute Gasteiger partial charge is 0.504 e. The van der Waals surface area contributed by atoms with Crippen LogP contribution in [0.25, 0.3) is 0 Å². The van der Waals surface area contributed by atoms with E-state index >= 15 is 0 Å². The molecular formula is C12H15NO4. The van der Waals surface area contributed by atoms with Crippen molar-refractivity contribution in [2.75, 3.05) is 0 Å². The summed E-state index contributed by atoms with van der Waals surface area (Å²) in [6.45, 7) is 3.28. The second kappa shape index (κ2) is 5.34. The fourth-order valence-corrected chi connectivity index (χ4v) is 1.38. The topological polar surface area (TPSA) is 86.6 Å². The number of carbonyl (C=O) groups is 2. The van der Waals surface area contributed by atoms with Crippen molar-refractivity contribution in [3.63, 3.8) is 0 Å².